The highest BCUT2D eigenvalue weighted by Gasteiger charge is 2.05. The van der Waals surface area contributed by atoms with Crippen LogP contribution in [0.1, 0.15) is 4.88 Å². The van der Waals surface area contributed by atoms with Gasteiger partial charge in [-0.25, -0.2) is 0 Å². The highest BCUT2D eigenvalue weighted by molar-refractivity contribution is 7.80. The highest BCUT2D eigenvalue weighted by atomic mass is 32.1. The van der Waals surface area contributed by atoms with E-state index >= 15 is 0 Å². The van der Waals surface area contributed by atoms with Gasteiger partial charge in [-0.05, 0) is 41.9 Å². The molecule has 0 saturated carbocycles. The molecule has 0 saturated heterocycles. The summed E-state index contributed by atoms with van der Waals surface area (Å²) in [5.41, 5.74) is 0.701. The van der Waals surface area contributed by atoms with Crippen LogP contribution in [-0.2, 0) is 4.79 Å². The molecule has 0 atom stereocenters. The number of hydrogen-bond donors (Lipinski definition) is 2. The van der Waals surface area contributed by atoms with Crippen molar-refractivity contribution in [1.29, 1.82) is 0 Å². The minimum atomic E-state index is -0.282. The Morgan fingerprint density at radius 3 is 2.81 bits per heavy atom. The van der Waals surface area contributed by atoms with Gasteiger partial charge in [0.05, 0.1) is 12.8 Å². The summed E-state index contributed by atoms with van der Waals surface area (Å²) in [7, 11) is 1.58. The van der Waals surface area contributed by atoms with Crippen molar-refractivity contribution in [3.05, 3.63) is 52.7 Å². The number of carbonyl (C=O) groups is 1. The second kappa shape index (κ2) is 7.56. The lowest BCUT2D eigenvalue weighted by molar-refractivity contribution is -0.115. The van der Waals surface area contributed by atoms with Crippen LogP contribution < -0.4 is 15.4 Å². The van der Waals surface area contributed by atoms with Crippen molar-refractivity contribution in [2.75, 3.05) is 12.4 Å². The molecule has 21 heavy (non-hydrogen) atoms. The molecule has 0 unspecified atom stereocenters. The fraction of sp³-hybridized carbons (Fsp3) is 0.0667. The molecule has 6 heteroatoms. The van der Waals surface area contributed by atoms with Gasteiger partial charge >= 0.3 is 0 Å². The number of ether oxygens (including phenoxy) is 1. The number of rotatable bonds is 4. The summed E-state index contributed by atoms with van der Waals surface area (Å²) < 4.78 is 5.20. The predicted octanol–water partition coefficient (Wildman–Crippen LogP) is 3.28. The summed E-state index contributed by atoms with van der Waals surface area (Å²) in [5, 5.41) is 7.69. The van der Waals surface area contributed by atoms with E-state index in [0.29, 0.717) is 11.4 Å². The second-order valence-electron chi connectivity index (χ2n) is 3.99. The molecule has 0 radical (unpaired) electrons. The Labute approximate surface area is 132 Å². The zero-order valence-corrected chi connectivity index (χ0v) is 13.0. The first-order valence-electron chi connectivity index (χ1n) is 6.15. The number of anilines is 1. The van der Waals surface area contributed by atoms with Crippen molar-refractivity contribution in [3.8, 4) is 5.75 Å². The van der Waals surface area contributed by atoms with E-state index in [1.165, 1.54) is 6.08 Å². The predicted molar refractivity (Wildman–Crippen MR) is 90.7 cm³/mol. The average Bonchev–Trinajstić information content (AvgIpc) is 2.99. The summed E-state index contributed by atoms with van der Waals surface area (Å²) in [5.74, 6) is 0.374. The van der Waals surface area contributed by atoms with Crippen molar-refractivity contribution in [2.45, 2.75) is 0 Å². The minimum absolute atomic E-state index is 0.223. The third kappa shape index (κ3) is 4.70. The van der Waals surface area contributed by atoms with E-state index in [4.69, 9.17) is 17.0 Å². The number of para-hydroxylation sites is 2. The van der Waals surface area contributed by atoms with E-state index in [9.17, 15) is 4.79 Å². The van der Waals surface area contributed by atoms with Crippen molar-refractivity contribution < 1.29 is 9.53 Å². The van der Waals surface area contributed by atoms with Crippen LogP contribution in [0.5, 0.6) is 5.75 Å². The maximum Gasteiger partial charge on any atom is 0.250 e. The van der Waals surface area contributed by atoms with Crippen LogP contribution in [-0.4, -0.2) is 18.1 Å². The lowest BCUT2D eigenvalue weighted by Gasteiger charge is -2.11. The molecule has 108 valence electrons. The average molecular weight is 318 g/mol. The van der Waals surface area contributed by atoms with E-state index < -0.39 is 0 Å². The number of nitrogens with one attached hydrogen (secondary N) is 2. The Hall–Kier alpha value is -2.18. The summed E-state index contributed by atoms with van der Waals surface area (Å²) in [6.07, 6.45) is 3.19. The smallest absolute Gasteiger partial charge is 0.250 e. The first-order chi connectivity index (χ1) is 10.2. The summed E-state index contributed by atoms with van der Waals surface area (Å²) in [4.78, 5) is 12.7. The topological polar surface area (TPSA) is 50.4 Å². The van der Waals surface area contributed by atoms with E-state index in [2.05, 4.69) is 10.6 Å². The molecule has 1 aromatic heterocycles. The molecule has 2 N–H and O–H groups in total. The van der Waals surface area contributed by atoms with E-state index in [0.717, 1.165) is 4.88 Å². The quantitative estimate of drug-likeness (QED) is 0.671. The molecular weight excluding hydrogens is 304 g/mol. The number of thiocarbonyl (C=S) groups is 1. The fourth-order valence-electron chi connectivity index (χ4n) is 1.60. The van der Waals surface area contributed by atoms with E-state index in [1.807, 2.05) is 41.8 Å². The Morgan fingerprint density at radius 1 is 1.29 bits per heavy atom. The summed E-state index contributed by atoms with van der Waals surface area (Å²) in [6, 6.07) is 11.2. The Bertz CT molecular complexity index is 651. The van der Waals surface area contributed by atoms with Crippen LogP contribution in [0.15, 0.2) is 47.9 Å². The fourth-order valence-corrected chi connectivity index (χ4v) is 2.43. The first-order valence-corrected chi connectivity index (χ1v) is 7.44. The van der Waals surface area contributed by atoms with Gasteiger partial charge in [-0.15, -0.1) is 11.3 Å². The molecule has 0 aliphatic heterocycles. The molecule has 1 amide bonds. The molecule has 2 aromatic rings. The van der Waals surface area contributed by atoms with Crippen molar-refractivity contribution >= 4 is 46.3 Å². The number of methoxy groups -OCH3 is 1. The molecule has 4 nitrogen and oxygen atoms in total. The van der Waals surface area contributed by atoms with Gasteiger partial charge < -0.3 is 10.1 Å². The molecule has 1 aromatic carbocycles. The van der Waals surface area contributed by atoms with Gasteiger partial charge in [-0.1, -0.05) is 18.2 Å². The number of hydrogen-bond acceptors (Lipinski definition) is 4. The van der Waals surface area contributed by atoms with Gasteiger partial charge in [0.1, 0.15) is 5.75 Å². The van der Waals surface area contributed by atoms with Crippen LogP contribution in [0, 0.1) is 0 Å². The third-order valence-electron chi connectivity index (χ3n) is 2.53. The molecule has 2 rings (SSSR count). The minimum Gasteiger partial charge on any atom is -0.495 e. The van der Waals surface area contributed by atoms with Crippen molar-refractivity contribution in [1.82, 2.24) is 5.32 Å². The molecular formula is C15H14N2O2S2. The number of carbonyl (C=O) groups excluding carboxylic acids is 1. The Morgan fingerprint density at radius 2 is 2.10 bits per heavy atom. The van der Waals surface area contributed by atoms with Gasteiger partial charge in [0.25, 0.3) is 0 Å². The monoisotopic (exact) mass is 318 g/mol. The molecule has 0 bridgehead atoms. The number of amides is 1. The summed E-state index contributed by atoms with van der Waals surface area (Å²) >= 11 is 6.66. The van der Waals surface area contributed by atoms with Crippen LogP contribution >= 0.6 is 23.6 Å². The standard InChI is InChI=1S/C15H14N2O2S2/c1-19-13-7-3-2-6-12(13)16-15(20)17-14(18)9-8-11-5-4-10-21-11/h2-10H,1H3,(H2,16,17,18,20). The molecule has 0 aliphatic carbocycles. The van der Waals surface area contributed by atoms with E-state index in [-0.39, 0.29) is 11.0 Å². The Balaban J connectivity index is 1.91. The first kappa shape index (κ1) is 15.2. The lowest BCUT2D eigenvalue weighted by atomic mass is 10.3. The van der Waals surface area contributed by atoms with Crippen LogP contribution in [0.25, 0.3) is 6.08 Å². The van der Waals surface area contributed by atoms with Gasteiger partial charge in [-0.2, -0.15) is 0 Å². The lowest BCUT2D eigenvalue weighted by Crippen LogP contribution is -2.32. The number of thiophene rings is 1. The van der Waals surface area contributed by atoms with E-state index in [1.54, 1.807) is 24.5 Å². The number of benzene rings is 1. The van der Waals surface area contributed by atoms with Gasteiger partial charge in [0, 0.05) is 11.0 Å². The summed E-state index contributed by atoms with van der Waals surface area (Å²) in [6.45, 7) is 0. The van der Waals surface area contributed by atoms with Crippen molar-refractivity contribution in [2.24, 2.45) is 0 Å². The van der Waals surface area contributed by atoms with Crippen LogP contribution in [0.3, 0.4) is 0 Å². The Kier molecular flexibility index (Phi) is 5.48. The molecule has 0 spiro atoms. The van der Waals surface area contributed by atoms with Crippen LogP contribution in [0.4, 0.5) is 5.69 Å². The van der Waals surface area contributed by atoms with Crippen molar-refractivity contribution in [3.63, 3.8) is 0 Å². The maximum atomic E-state index is 11.7. The zero-order chi connectivity index (χ0) is 15.1. The van der Waals surface area contributed by atoms with Crippen LogP contribution in [0.2, 0.25) is 0 Å². The molecule has 0 aliphatic rings. The molecule has 0 fully saturated rings. The normalized spacial score (nSPS) is 10.3. The van der Waals surface area contributed by atoms with Gasteiger partial charge in [0.15, 0.2) is 5.11 Å². The largest absolute Gasteiger partial charge is 0.495 e. The highest BCUT2D eigenvalue weighted by Crippen LogP contribution is 2.22. The molecule has 1 heterocycles. The SMILES string of the molecule is COc1ccccc1NC(=S)NC(=O)C=Cc1cccs1. The van der Waals surface area contributed by atoms with Gasteiger partial charge in [-0.3, -0.25) is 10.1 Å². The third-order valence-corrected chi connectivity index (χ3v) is 3.58. The second-order valence-corrected chi connectivity index (χ2v) is 5.38. The maximum absolute atomic E-state index is 11.7. The zero-order valence-electron chi connectivity index (χ0n) is 11.3. The van der Waals surface area contributed by atoms with Gasteiger partial charge in [0.2, 0.25) is 5.91 Å².